The lowest BCUT2D eigenvalue weighted by Crippen LogP contribution is -2.48. The van der Waals surface area contributed by atoms with E-state index in [1.807, 2.05) is 12.1 Å². The Bertz CT molecular complexity index is 1070. The topological polar surface area (TPSA) is 94.1 Å². The SMILES string of the molecule is O=C(NCCN1CCNC1=O)[C@@H]1C[C@H](COc2ccc3c(c2)CCC3)CN(Cc2ccc(O)cc2)C1. The number of carbonyl (C=O) groups excluding carboxylic acids is 2. The molecule has 0 aromatic heterocycles. The Morgan fingerprint density at radius 1 is 1.11 bits per heavy atom. The summed E-state index contributed by atoms with van der Waals surface area (Å²) in [5, 5.41) is 15.5. The van der Waals surface area contributed by atoms with E-state index in [4.69, 9.17) is 4.74 Å². The summed E-state index contributed by atoms with van der Waals surface area (Å²) in [6.45, 7) is 5.13. The van der Waals surface area contributed by atoms with Crippen LogP contribution >= 0.6 is 0 Å². The molecule has 2 aromatic carbocycles. The average Bonchev–Trinajstić information content (AvgIpc) is 3.52. The minimum absolute atomic E-state index is 0.0348. The Morgan fingerprint density at radius 2 is 1.94 bits per heavy atom. The molecule has 2 atom stereocenters. The van der Waals surface area contributed by atoms with Gasteiger partial charge in [0.2, 0.25) is 5.91 Å². The highest BCUT2D eigenvalue weighted by Crippen LogP contribution is 2.28. The van der Waals surface area contributed by atoms with E-state index in [9.17, 15) is 14.7 Å². The molecule has 36 heavy (non-hydrogen) atoms. The number of rotatable bonds is 9. The zero-order valence-electron chi connectivity index (χ0n) is 20.7. The fourth-order valence-electron chi connectivity index (χ4n) is 5.64. The summed E-state index contributed by atoms with van der Waals surface area (Å²) in [5.74, 6) is 1.28. The number of aromatic hydroxyl groups is 1. The Kier molecular flexibility index (Phi) is 7.60. The molecule has 192 valence electrons. The van der Waals surface area contributed by atoms with Gasteiger partial charge in [0.15, 0.2) is 0 Å². The highest BCUT2D eigenvalue weighted by atomic mass is 16.5. The molecule has 2 saturated heterocycles. The maximum atomic E-state index is 13.1. The molecule has 0 bridgehead atoms. The second kappa shape index (κ2) is 11.2. The number of hydrogen-bond donors (Lipinski definition) is 3. The Morgan fingerprint density at radius 3 is 2.75 bits per heavy atom. The number of urea groups is 1. The molecule has 0 spiro atoms. The zero-order valence-corrected chi connectivity index (χ0v) is 20.7. The second-order valence-corrected chi connectivity index (χ2v) is 10.3. The minimum Gasteiger partial charge on any atom is -0.508 e. The predicted octanol–water partition coefficient (Wildman–Crippen LogP) is 2.54. The molecular formula is C28H36N4O4. The molecule has 2 heterocycles. The van der Waals surface area contributed by atoms with E-state index < -0.39 is 0 Å². The number of likely N-dealkylation sites (tertiary alicyclic amines) is 1. The molecule has 8 nitrogen and oxygen atoms in total. The van der Waals surface area contributed by atoms with Gasteiger partial charge in [0.1, 0.15) is 11.5 Å². The maximum absolute atomic E-state index is 13.1. The molecular weight excluding hydrogens is 456 g/mol. The van der Waals surface area contributed by atoms with Crippen molar-refractivity contribution in [3.8, 4) is 11.5 Å². The van der Waals surface area contributed by atoms with Crippen molar-refractivity contribution in [2.24, 2.45) is 11.8 Å². The minimum atomic E-state index is -0.142. The third-order valence-corrected chi connectivity index (χ3v) is 7.51. The van der Waals surface area contributed by atoms with Gasteiger partial charge in [-0.25, -0.2) is 4.79 Å². The highest BCUT2D eigenvalue weighted by Gasteiger charge is 2.32. The van der Waals surface area contributed by atoms with E-state index in [2.05, 4.69) is 33.7 Å². The number of nitrogens with zero attached hydrogens (tertiary/aromatic N) is 2. The quantitative estimate of drug-likeness (QED) is 0.500. The third kappa shape index (κ3) is 6.10. The molecule has 2 aliphatic heterocycles. The number of piperidine rings is 1. The van der Waals surface area contributed by atoms with Gasteiger partial charge in [0, 0.05) is 51.7 Å². The van der Waals surface area contributed by atoms with Crippen LogP contribution in [0.25, 0.3) is 0 Å². The van der Waals surface area contributed by atoms with Crippen molar-refractivity contribution < 1.29 is 19.4 Å². The molecule has 3 N–H and O–H groups in total. The summed E-state index contributed by atoms with van der Waals surface area (Å²) >= 11 is 0. The van der Waals surface area contributed by atoms with Gasteiger partial charge in [-0.1, -0.05) is 18.2 Å². The first kappa shape index (κ1) is 24.4. The van der Waals surface area contributed by atoms with Crippen LogP contribution in [0.1, 0.15) is 29.5 Å². The van der Waals surface area contributed by atoms with Crippen molar-refractivity contribution in [1.29, 1.82) is 0 Å². The maximum Gasteiger partial charge on any atom is 0.317 e. The van der Waals surface area contributed by atoms with Crippen molar-refractivity contribution in [2.45, 2.75) is 32.2 Å². The first-order chi connectivity index (χ1) is 17.5. The lowest BCUT2D eigenvalue weighted by Gasteiger charge is -2.37. The molecule has 1 aliphatic carbocycles. The summed E-state index contributed by atoms with van der Waals surface area (Å²) in [4.78, 5) is 28.9. The van der Waals surface area contributed by atoms with Crippen molar-refractivity contribution in [2.75, 3.05) is 45.9 Å². The normalized spacial score (nSPS) is 21.8. The number of fused-ring (bicyclic) bond motifs is 1. The second-order valence-electron chi connectivity index (χ2n) is 10.3. The van der Waals surface area contributed by atoms with Crippen LogP contribution in [0.4, 0.5) is 4.79 Å². The van der Waals surface area contributed by atoms with Gasteiger partial charge in [0.25, 0.3) is 0 Å². The van der Waals surface area contributed by atoms with Crippen LogP contribution < -0.4 is 15.4 Å². The zero-order chi connectivity index (χ0) is 24.9. The number of amides is 3. The van der Waals surface area contributed by atoms with Crippen molar-refractivity contribution in [1.82, 2.24) is 20.4 Å². The molecule has 0 unspecified atom stereocenters. The van der Waals surface area contributed by atoms with Gasteiger partial charge in [-0.3, -0.25) is 9.69 Å². The number of aryl methyl sites for hydroxylation is 2. The van der Waals surface area contributed by atoms with Crippen molar-refractivity contribution >= 4 is 11.9 Å². The van der Waals surface area contributed by atoms with E-state index in [0.29, 0.717) is 45.9 Å². The molecule has 8 heteroatoms. The molecule has 2 aromatic rings. The lowest BCUT2D eigenvalue weighted by atomic mass is 9.88. The lowest BCUT2D eigenvalue weighted by molar-refractivity contribution is -0.127. The van der Waals surface area contributed by atoms with E-state index in [1.165, 1.54) is 17.5 Å². The Hall–Kier alpha value is -3.26. The number of benzene rings is 2. The van der Waals surface area contributed by atoms with Crippen LogP contribution in [-0.4, -0.2) is 72.7 Å². The van der Waals surface area contributed by atoms with E-state index in [0.717, 1.165) is 37.1 Å². The summed E-state index contributed by atoms with van der Waals surface area (Å²) in [7, 11) is 0. The first-order valence-electron chi connectivity index (χ1n) is 13.1. The molecule has 5 rings (SSSR count). The molecule has 2 fully saturated rings. The Balaban J connectivity index is 1.20. The fourth-order valence-corrected chi connectivity index (χ4v) is 5.64. The van der Waals surface area contributed by atoms with Gasteiger partial charge < -0.3 is 25.4 Å². The highest BCUT2D eigenvalue weighted by molar-refractivity contribution is 5.79. The fraction of sp³-hybridized carbons (Fsp3) is 0.500. The van der Waals surface area contributed by atoms with Crippen LogP contribution in [0.5, 0.6) is 11.5 Å². The number of phenols is 1. The van der Waals surface area contributed by atoms with Gasteiger partial charge >= 0.3 is 6.03 Å². The number of phenolic OH excluding ortho intramolecular Hbond substituents is 1. The van der Waals surface area contributed by atoms with Crippen LogP contribution in [0.3, 0.4) is 0 Å². The molecule has 0 saturated carbocycles. The van der Waals surface area contributed by atoms with Gasteiger partial charge in [0.05, 0.1) is 12.5 Å². The van der Waals surface area contributed by atoms with E-state index in [1.54, 1.807) is 17.0 Å². The molecule has 3 amide bonds. The molecule has 3 aliphatic rings. The predicted molar refractivity (Wildman–Crippen MR) is 137 cm³/mol. The number of hydrogen-bond acceptors (Lipinski definition) is 5. The largest absolute Gasteiger partial charge is 0.508 e. The van der Waals surface area contributed by atoms with E-state index >= 15 is 0 Å². The monoisotopic (exact) mass is 492 g/mol. The first-order valence-corrected chi connectivity index (χ1v) is 13.1. The third-order valence-electron chi connectivity index (χ3n) is 7.51. The number of nitrogens with one attached hydrogen (secondary N) is 2. The van der Waals surface area contributed by atoms with Crippen LogP contribution in [-0.2, 0) is 24.2 Å². The number of carbonyl (C=O) groups is 2. The number of ether oxygens (including phenoxy) is 1. The average molecular weight is 493 g/mol. The van der Waals surface area contributed by atoms with Gasteiger partial charge in [-0.15, -0.1) is 0 Å². The smallest absolute Gasteiger partial charge is 0.317 e. The van der Waals surface area contributed by atoms with Crippen LogP contribution in [0.15, 0.2) is 42.5 Å². The summed E-state index contributed by atoms with van der Waals surface area (Å²) in [5.41, 5.74) is 3.93. The molecule has 0 radical (unpaired) electrons. The van der Waals surface area contributed by atoms with Crippen molar-refractivity contribution in [3.63, 3.8) is 0 Å². The summed E-state index contributed by atoms with van der Waals surface area (Å²) in [6.07, 6.45) is 4.27. The van der Waals surface area contributed by atoms with Gasteiger partial charge in [-0.2, -0.15) is 0 Å². The summed E-state index contributed by atoms with van der Waals surface area (Å²) < 4.78 is 6.23. The summed E-state index contributed by atoms with van der Waals surface area (Å²) in [6, 6.07) is 13.6. The van der Waals surface area contributed by atoms with Gasteiger partial charge in [-0.05, 0) is 66.6 Å². The van der Waals surface area contributed by atoms with E-state index in [-0.39, 0.29) is 29.5 Å². The van der Waals surface area contributed by atoms with Crippen LogP contribution in [0.2, 0.25) is 0 Å². The Labute approximate surface area is 212 Å². The standard InChI is InChI=1S/C28H36N4O4/c33-25-7-4-20(5-8-25)16-31-17-21(19-36-26-9-6-22-2-1-3-23(22)15-26)14-24(18-31)27(34)29-10-12-32-13-11-30-28(32)35/h4-9,15,21,24,33H,1-3,10-14,16-19H2,(H,29,34)(H,30,35)/t21-,24+/m0/s1. The van der Waals surface area contributed by atoms with Crippen LogP contribution in [0, 0.1) is 11.8 Å². The van der Waals surface area contributed by atoms with Crippen molar-refractivity contribution in [3.05, 3.63) is 59.2 Å².